The van der Waals surface area contributed by atoms with Gasteiger partial charge in [-0.15, -0.1) is 0 Å². The molecule has 0 aliphatic heterocycles. The molecule has 4 nitrogen and oxygen atoms in total. The Balaban J connectivity index is 2.78. The molecule has 0 aromatic heterocycles. The number of carbonyl (C=O) groups excluding carboxylic acids is 1. The van der Waals surface area contributed by atoms with Gasteiger partial charge in [-0.1, -0.05) is 53.7 Å². The van der Waals surface area contributed by atoms with E-state index in [-0.39, 0.29) is 27.1 Å². The number of nitrogens with one attached hydrogen (secondary N) is 1. The van der Waals surface area contributed by atoms with E-state index in [1.165, 1.54) is 5.56 Å². The normalized spacial score (nSPS) is 13.7. The third kappa shape index (κ3) is 10.4. The summed E-state index contributed by atoms with van der Waals surface area (Å²) in [7, 11) is 1.98. The summed E-state index contributed by atoms with van der Waals surface area (Å²) in [5.41, 5.74) is 1.60. The van der Waals surface area contributed by atoms with Crippen molar-refractivity contribution in [3.05, 3.63) is 29.8 Å². The van der Waals surface area contributed by atoms with Crippen LogP contribution in [-0.4, -0.2) is 34.4 Å². The molecule has 0 atom stereocenters. The lowest BCUT2D eigenvalue weighted by Gasteiger charge is -2.38. The lowest BCUT2D eigenvalue weighted by atomic mass is 9.76. The second-order valence-corrected chi connectivity index (χ2v) is 13.2. The number of thiol groups is 1. The minimum Gasteiger partial charge on any atom is -0.326 e. The van der Waals surface area contributed by atoms with E-state index in [1.54, 1.807) is 0 Å². The largest absolute Gasteiger partial charge is 0.326 e. The number of anilines is 1. The smallest absolute Gasteiger partial charge is 0.224 e. The quantitative estimate of drug-likeness (QED) is 0.286. The number of hydrogen-bond donors (Lipinski definition) is 2. The van der Waals surface area contributed by atoms with Gasteiger partial charge in [0.25, 0.3) is 0 Å². The molecule has 0 fully saturated rings. The van der Waals surface area contributed by atoms with E-state index >= 15 is 0 Å². The van der Waals surface area contributed by atoms with Crippen LogP contribution in [0.3, 0.4) is 0 Å². The maximum atomic E-state index is 12.6. The first-order chi connectivity index (χ1) is 13.8. The molecule has 0 spiro atoms. The fraction of sp³-hybridized carbons (Fsp3) is 0.731. The molecule has 1 aromatic rings. The van der Waals surface area contributed by atoms with Gasteiger partial charge in [-0.25, -0.2) is 0 Å². The van der Waals surface area contributed by atoms with Crippen LogP contribution in [0.4, 0.5) is 5.69 Å². The predicted octanol–water partition coefficient (Wildman–Crippen LogP) is 6.86. The zero-order valence-corrected chi connectivity index (χ0v) is 22.6. The molecule has 1 rings (SSSR count). The lowest BCUT2D eigenvalue weighted by Crippen LogP contribution is -2.41. The fourth-order valence-electron chi connectivity index (χ4n) is 4.57. The van der Waals surface area contributed by atoms with Crippen molar-refractivity contribution in [2.24, 2.45) is 5.41 Å². The van der Waals surface area contributed by atoms with Crippen LogP contribution in [0, 0.1) is 5.41 Å². The highest BCUT2D eigenvalue weighted by molar-refractivity contribution is 7.81. The van der Waals surface area contributed by atoms with Crippen LogP contribution in [0.2, 0.25) is 0 Å². The zero-order valence-electron chi connectivity index (χ0n) is 21.7. The van der Waals surface area contributed by atoms with Gasteiger partial charge in [-0.2, -0.15) is 17.7 Å². The topological polar surface area (TPSA) is 41.6 Å². The number of nitrogens with zero attached hydrogens (tertiary/aromatic N) is 1. The highest BCUT2D eigenvalue weighted by Gasteiger charge is 2.33. The minimum absolute atomic E-state index is 0.0425. The number of hydroxylamine groups is 2. The van der Waals surface area contributed by atoms with Crippen molar-refractivity contribution in [1.82, 2.24) is 5.06 Å². The number of rotatable bonds is 11. The Labute approximate surface area is 196 Å². The second kappa shape index (κ2) is 10.3. The predicted molar refractivity (Wildman–Crippen MR) is 137 cm³/mol. The van der Waals surface area contributed by atoms with Crippen molar-refractivity contribution in [3.63, 3.8) is 0 Å². The van der Waals surface area contributed by atoms with Crippen molar-refractivity contribution >= 4 is 24.2 Å². The van der Waals surface area contributed by atoms with Crippen LogP contribution in [0.1, 0.15) is 94.1 Å². The minimum atomic E-state index is -0.290. The molecule has 1 aromatic carbocycles. The molecule has 178 valence electrons. The van der Waals surface area contributed by atoms with E-state index < -0.39 is 0 Å². The van der Waals surface area contributed by atoms with Crippen LogP contribution < -0.4 is 5.32 Å². The lowest BCUT2D eigenvalue weighted by molar-refractivity contribution is -0.241. The highest BCUT2D eigenvalue weighted by atomic mass is 32.1. The summed E-state index contributed by atoms with van der Waals surface area (Å²) in [6.07, 6.45) is 2.21. The molecule has 0 heterocycles. The molecule has 0 saturated carbocycles. The first kappa shape index (κ1) is 28.0. The molecular formula is C26H46N2O2S. The Kier molecular flexibility index (Phi) is 9.27. The molecule has 1 amide bonds. The Morgan fingerprint density at radius 1 is 1.00 bits per heavy atom. The van der Waals surface area contributed by atoms with Gasteiger partial charge >= 0.3 is 0 Å². The van der Waals surface area contributed by atoms with E-state index in [1.807, 2.05) is 24.2 Å². The van der Waals surface area contributed by atoms with Gasteiger partial charge in [-0.05, 0) is 69.1 Å². The molecule has 0 unspecified atom stereocenters. The molecular weight excluding hydrogens is 404 g/mol. The molecule has 0 saturated heterocycles. The SMILES string of the molecule is CC(C)N(C)OC(C)(C)CC(C)(C)c1ccc(NC(=O)CC(C)(C)CC(C)(C)S)cc1. The van der Waals surface area contributed by atoms with Crippen molar-refractivity contribution in [2.75, 3.05) is 12.4 Å². The summed E-state index contributed by atoms with van der Waals surface area (Å²) in [5, 5.41) is 4.98. The monoisotopic (exact) mass is 450 g/mol. The van der Waals surface area contributed by atoms with Gasteiger partial charge in [0.2, 0.25) is 5.91 Å². The Bertz CT molecular complexity index is 716. The van der Waals surface area contributed by atoms with E-state index in [0.717, 1.165) is 18.5 Å². The van der Waals surface area contributed by atoms with Crippen LogP contribution >= 0.6 is 12.6 Å². The molecule has 5 heteroatoms. The summed E-state index contributed by atoms with van der Waals surface area (Å²) >= 11 is 4.62. The standard InChI is InChI=1S/C26H46N2O2S/c1-19(2)28(11)30-25(7,8)18-24(5,6)20-12-14-21(15-13-20)27-22(29)16-23(3,4)17-26(9,10)31/h12-15,19,31H,16-18H2,1-11H3,(H,27,29). The molecule has 31 heavy (non-hydrogen) atoms. The van der Waals surface area contributed by atoms with E-state index in [2.05, 4.69) is 99.3 Å². The van der Waals surface area contributed by atoms with Crippen LogP contribution in [0.5, 0.6) is 0 Å². The van der Waals surface area contributed by atoms with Crippen LogP contribution in [0.15, 0.2) is 24.3 Å². The van der Waals surface area contributed by atoms with Gasteiger partial charge < -0.3 is 5.32 Å². The molecule has 0 bridgehead atoms. The first-order valence-electron chi connectivity index (χ1n) is 11.4. The molecule has 0 aliphatic carbocycles. The van der Waals surface area contributed by atoms with Gasteiger partial charge in [0.15, 0.2) is 0 Å². The summed E-state index contributed by atoms with van der Waals surface area (Å²) < 4.78 is -0.0987. The third-order valence-electron chi connectivity index (χ3n) is 5.49. The first-order valence-corrected chi connectivity index (χ1v) is 11.8. The highest BCUT2D eigenvalue weighted by Crippen LogP contribution is 2.36. The molecule has 0 radical (unpaired) electrons. The van der Waals surface area contributed by atoms with Gasteiger partial charge in [-0.3, -0.25) is 9.63 Å². The molecule has 1 N–H and O–H groups in total. The van der Waals surface area contributed by atoms with Gasteiger partial charge in [0.05, 0.1) is 5.60 Å². The Morgan fingerprint density at radius 3 is 1.97 bits per heavy atom. The zero-order chi connectivity index (χ0) is 24.3. The second-order valence-electron chi connectivity index (χ2n) is 12.0. The van der Waals surface area contributed by atoms with E-state index in [9.17, 15) is 4.79 Å². The van der Waals surface area contributed by atoms with Crippen molar-refractivity contribution in [2.45, 2.75) is 110 Å². The Hall–Kier alpha value is -1.04. The Morgan fingerprint density at radius 2 is 1.52 bits per heavy atom. The summed E-state index contributed by atoms with van der Waals surface area (Å²) in [6.45, 7) is 21.4. The maximum absolute atomic E-state index is 12.6. The number of benzene rings is 1. The molecule has 0 aliphatic rings. The van der Waals surface area contributed by atoms with Crippen molar-refractivity contribution in [1.29, 1.82) is 0 Å². The van der Waals surface area contributed by atoms with Crippen molar-refractivity contribution < 1.29 is 9.63 Å². The van der Waals surface area contributed by atoms with E-state index in [0.29, 0.717) is 12.5 Å². The van der Waals surface area contributed by atoms with Gasteiger partial charge in [0, 0.05) is 29.9 Å². The summed E-state index contributed by atoms with van der Waals surface area (Å²) in [4.78, 5) is 18.8. The maximum Gasteiger partial charge on any atom is 0.224 e. The fourth-order valence-corrected chi connectivity index (χ4v) is 5.00. The number of carbonyl (C=O) groups is 1. The van der Waals surface area contributed by atoms with E-state index in [4.69, 9.17) is 4.84 Å². The number of hydrogen-bond acceptors (Lipinski definition) is 4. The average molecular weight is 451 g/mol. The van der Waals surface area contributed by atoms with Gasteiger partial charge in [0.1, 0.15) is 0 Å². The average Bonchev–Trinajstić information content (AvgIpc) is 2.50. The summed E-state index contributed by atoms with van der Waals surface area (Å²) in [6, 6.07) is 8.55. The number of amides is 1. The third-order valence-corrected chi connectivity index (χ3v) is 5.64. The van der Waals surface area contributed by atoms with Crippen LogP contribution in [0.25, 0.3) is 0 Å². The summed E-state index contributed by atoms with van der Waals surface area (Å²) in [5.74, 6) is 0.0425. The van der Waals surface area contributed by atoms with Crippen molar-refractivity contribution in [3.8, 4) is 0 Å². The van der Waals surface area contributed by atoms with Crippen LogP contribution in [-0.2, 0) is 15.0 Å².